The van der Waals surface area contributed by atoms with Crippen molar-refractivity contribution >= 4 is 5.91 Å². The molecule has 0 aliphatic heterocycles. The van der Waals surface area contributed by atoms with Crippen molar-refractivity contribution in [3.05, 3.63) is 53.9 Å². The predicted molar refractivity (Wildman–Crippen MR) is 83.1 cm³/mol. The first-order valence-corrected chi connectivity index (χ1v) is 7.64. The molecular weight excluding hydrogens is 278 g/mol. The minimum absolute atomic E-state index is 0.00108. The highest BCUT2D eigenvalue weighted by Crippen LogP contribution is 2.36. The van der Waals surface area contributed by atoms with Crippen molar-refractivity contribution in [3.63, 3.8) is 0 Å². The Morgan fingerprint density at radius 3 is 2.64 bits per heavy atom. The molecular formula is C17H21N3O2. The Kier molecular flexibility index (Phi) is 4.24. The second-order valence-corrected chi connectivity index (χ2v) is 5.85. The van der Waals surface area contributed by atoms with E-state index >= 15 is 0 Å². The van der Waals surface area contributed by atoms with Gasteiger partial charge in [0.05, 0.1) is 12.6 Å². The van der Waals surface area contributed by atoms with Crippen molar-refractivity contribution < 1.29 is 9.90 Å². The Morgan fingerprint density at radius 1 is 1.36 bits per heavy atom. The fourth-order valence-electron chi connectivity index (χ4n) is 2.83. The number of nitrogens with zero attached hydrogens (tertiary/aromatic N) is 3. The smallest absolute Gasteiger partial charge is 0.272 e. The van der Waals surface area contributed by atoms with Crippen molar-refractivity contribution in [2.45, 2.75) is 25.4 Å². The number of carbonyl (C=O) groups excluding carboxylic acids is 1. The van der Waals surface area contributed by atoms with Crippen molar-refractivity contribution in [1.29, 1.82) is 0 Å². The molecule has 1 aromatic heterocycles. The molecule has 1 aromatic carbocycles. The van der Waals surface area contributed by atoms with Crippen molar-refractivity contribution in [2.24, 2.45) is 13.0 Å². The maximum Gasteiger partial charge on any atom is 0.272 e. The van der Waals surface area contributed by atoms with Crippen LogP contribution in [0.3, 0.4) is 0 Å². The molecule has 1 heterocycles. The van der Waals surface area contributed by atoms with Gasteiger partial charge < -0.3 is 10.0 Å². The zero-order chi connectivity index (χ0) is 15.5. The fourth-order valence-corrected chi connectivity index (χ4v) is 2.83. The number of aliphatic hydroxyl groups excluding tert-OH is 1. The number of benzene rings is 1. The third-order valence-corrected chi connectivity index (χ3v) is 4.25. The van der Waals surface area contributed by atoms with Crippen LogP contribution in [0.2, 0.25) is 0 Å². The summed E-state index contributed by atoms with van der Waals surface area (Å²) in [4.78, 5) is 14.7. The van der Waals surface area contributed by atoms with Crippen LogP contribution in [-0.2, 0) is 13.6 Å². The van der Waals surface area contributed by atoms with Gasteiger partial charge in [-0.05, 0) is 30.4 Å². The molecule has 0 bridgehead atoms. The maximum absolute atomic E-state index is 12.9. The molecule has 1 saturated carbocycles. The lowest BCUT2D eigenvalue weighted by molar-refractivity contribution is 0.0520. The lowest BCUT2D eigenvalue weighted by Gasteiger charge is -2.31. The lowest BCUT2D eigenvalue weighted by atomic mass is 10.1. The summed E-state index contributed by atoms with van der Waals surface area (Å²) in [5.41, 5.74) is 1.62. The van der Waals surface area contributed by atoms with E-state index in [1.165, 1.54) is 0 Å². The summed E-state index contributed by atoms with van der Waals surface area (Å²) in [6, 6.07) is 11.5. The minimum Gasteiger partial charge on any atom is -0.394 e. The Morgan fingerprint density at radius 2 is 2.09 bits per heavy atom. The molecule has 1 atom stereocenters. The van der Waals surface area contributed by atoms with E-state index in [9.17, 15) is 9.90 Å². The second-order valence-electron chi connectivity index (χ2n) is 5.85. The van der Waals surface area contributed by atoms with Gasteiger partial charge in [0, 0.05) is 19.8 Å². The highest BCUT2D eigenvalue weighted by molar-refractivity contribution is 5.92. The third-order valence-electron chi connectivity index (χ3n) is 4.25. The Hall–Kier alpha value is -2.14. The number of hydrogen-bond donors (Lipinski definition) is 1. The van der Waals surface area contributed by atoms with Gasteiger partial charge in [-0.15, -0.1) is 0 Å². The number of aryl methyl sites for hydroxylation is 1. The molecule has 116 valence electrons. The molecule has 2 aromatic rings. The van der Waals surface area contributed by atoms with Gasteiger partial charge in [-0.25, -0.2) is 0 Å². The number of amides is 1. The van der Waals surface area contributed by atoms with Gasteiger partial charge in [0.1, 0.15) is 5.69 Å². The Labute approximate surface area is 130 Å². The number of hydrogen-bond acceptors (Lipinski definition) is 3. The van der Waals surface area contributed by atoms with Crippen LogP contribution in [0.5, 0.6) is 0 Å². The molecule has 0 radical (unpaired) electrons. The van der Waals surface area contributed by atoms with Crippen LogP contribution in [0.1, 0.15) is 28.9 Å². The molecule has 1 unspecified atom stereocenters. The van der Waals surface area contributed by atoms with E-state index in [0.717, 1.165) is 18.4 Å². The number of rotatable bonds is 6. The van der Waals surface area contributed by atoms with Gasteiger partial charge in [0.15, 0.2) is 0 Å². The van der Waals surface area contributed by atoms with Crippen LogP contribution in [0, 0.1) is 5.92 Å². The number of aliphatic hydroxyl groups is 1. The molecule has 0 saturated heterocycles. The van der Waals surface area contributed by atoms with Crippen LogP contribution >= 0.6 is 0 Å². The first-order valence-electron chi connectivity index (χ1n) is 7.64. The Bertz CT molecular complexity index is 634. The van der Waals surface area contributed by atoms with Crippen LogP contribution in [-0.4, -0.2) is 38.3 Å². The van der Waals surface area contributed by atoms with Crippen molar-refractivity contribution in [3.8, 4) is 0 Å². The first-order chi connectivity index (χ1) is 10.7. The summed E-state index contributed by atoms with van der Waals surface area (Å²) < 4.78 is 1.58. The summed E-state index contributed by atoms with van der Waals surface area (Å²) in [5, 5.41) is 13.9. The zero-order valence-corrected chi connectivity index (χ0v) is 12.7. The standard InChI is InChI=1S/C17H21N3O2/c1-19-15(9-10-18-19)17(22)20(16(12-21)14-7-8-14)11-13-5-3-2-4-6-13/h2-6,9-10,14,16,21H,7-8,11-12H2,1H3. The van der Waals surface area contributed by atoms with Gasteiger partial charge in [-0.2, -0.15) is 5.10 Å². The number of aromatic nitrogens is 2. The minimum atomic E-state index is -0.123. The molecule has 1 amide bonds. The highest BCUT2D eigenvalue weighted by Gasteiger charge is 2.37. The van der Waals surface area contributed by atoms with E-state index in [1.54, 1.807) is 28.9 Å². The summed E-state index contributed by atoms with van der Waals surface area (Å²) >= 11 is 0. The highest BCUT2D eigenvalue weighted by atomic mass is 16.3. The van der Waals surface area contributed by atoms with Crippen LogP contribution in [0.4, 0.5) is 0 Å². The third kappa shape index (κ3) is 3.04. The van der Waals surface area contributed by atoms with E-state index in [-0.39, 0.29) is 18.6 Å². The number of carbonyl (C=O) groups is 1. The predicted octanol–water partition coefficient (Wildman–Crippen LogP) is 1.83. The van der Waals surface area contributed by atoms with Crippen LogP contribution in [0.25, 0.3) is 0 Å². The van der Waals surface area contributed by atoms with E-state index in [2.05, 4.69) is 5.10 Å². The van der Waals surface area contributed by atoms with Crippen molar-refractivity contribution in [1.82, 2.24) is 14.7 Å². The van der Waals surface area contributed by atoms with Crippen LogP contribution < -0.4 is 0 Å². The molecule has 1 fully saturated rings. The summed E-state index contributed by atoms with van der Waals surface area (Å²) in [6.45, 7) is 0.508. The molecule has 0 spiro atoms. The van der Waals surface area contributed by atoms with E-state index in [4.69, 9.17) is 0 Å². The molecule has 22 heavy (non-hydrogen) atoms. The zero-order valence-electron chi connectivity index (χ0n) is 12.7. The fraction of sp³-hybridized carbons (Fsp3) is 0.412. The summed E-state index contributed by atoms with van der Waals surface area (Å²) in [6.07, 6.45) is 3.78. The first kappa shape index (κ1) is 14.8. The second kappa shape index (κ2) is 6.32. The monoisotopic (exact) mass is 299 g/mol. The van der Waals surface area contributed by atoms with Gasteiger partial charge in [-0.1, -0.05) is 30.3 Å². The quantitative estimate of drug-likeness (QED) is 0.885. The van der Waals surface area contributed by atoms with E-state index < -0.39 is 0 Å². The molecule has 1 aliphatic rings. The lowest BCUT2D eigenvalue weighted by Crippen LogP contribution is -2.44. The molecule has 5 nitrogen and oxygen atoms in total. The van der Waals surface area contributed by atoms with Gasteiger partial charge in [0.25, 0.3) is 5.91 Å². The van der Waals surface area contributed by atoms with E-state index in [0.29, 0.717) is 18.2 Å². The van der Waals surface area contributed by atoms with Gasteiger partial charge >= 0.3 is 0 Å². The Balaban J connectivity index is 1.88. The normalized spacial score (nSPS) is 15.5. The SMILES string of the molecule is Cn1nccc1C(=O)N(Cc1ccccc1)C(CO)C1CC1. The topological polar surface area (TPSA) is 58.4 Å². The molecule has 3 rings (SSSR count). The average molecular weight is 299 g/mol. The average Bonchev–Trinajstić information content (AvgIpc) is 3.28. The molecule has 1 aliphatic carbocycles. The molecule has 5 heteroatoms. The summed E-state index contributed by atoms with van der Waals surface area (Å²) in [5.74, 6) is 0.334. The maximum atomic E-state index is 12.9. The molecule has 1 N–H and O–H groups in total. The summed E-state index contributed by atoms with van der Waals surface area (Å²) in [7, 11) is 1.76. The van der Waals surface area contributed by atoms with Gasteiger partial charge in [-0.3, -0.25) is 9.48 Å². The van der Waals surface area contributed by atoms with Crippen molar-refractivity contribution in [2.75, 3.05) is 6.61 Å². The van der Waals surface area contributed by atoms with E-state index in [1.807, 2.05) is 30.3 Å². The van der Waals surface area contributed by atoms with Crippen LogP contribution in [0.15, 0.2) is 42.6 Å². The van der Waals surface area contributed by atoms with Gasteiger partial charge in [0.2, 0.25) is 0 Å². The largest absolute Gasteiger partial charge is 0.394 e.